The van der Waals surface area contributed by atoms with Crippen molar-refractivity contribution in [2.24, 2.45) is 0 Å². The standard InChI is InChI=1S/C18H15F3O4S.C2H6/c19-18(20,21)26(22,23)25-17-8-4-7-14-11-15(9-10-16(14)17)24-12-13-5-2-1-3-6-13;1-2/h1-3,5-6,8-11H,4,7,12H2;1-2H3. The van der Waals surface area contributed by atoms with E-state index in [2.05, 4.69) is 4.18 Å². The smallest absolute Gasteiger partial charge is 0.489 e. The lowest BCUT2D eigenvalue weighted by Gasteiger charge is -2.19. The molecule has 8 heteroatoms. The first-order valence-electron chi connectivity index (χ1n) is 8.77. The van der Waals surface area contributed by atoms with Gasteiger partial charge in [-0.1, -0.05) is 44.2 Å². The highest BCUT2D eigenvalue weighted by atomic mass is 32.2. The van der Waals surface area contributed by atoms with E-state index in [9.17, 15) is 21.6 Å². The molecular weight excluding hydrogens is 393 g/mol. The summed E-state index contributed by atoms with van der Waals surface area (Å²) < 4.78 is 70.1. The van der Waals surface area contributed by atoms with E-state index in [-0.39, 0.29) is 5.76 Å². The van der Waals surface area contributed by atoms with E-state index in [1.807, 2.05) is 44.2 Å². The Hall–Kier alpha value is -2.48. The van der Waals surface area contributed by atoms with Crippen molar-refractivity contribution in [2.45, 2.75) is 38.8 Å². The van der Waals surface area contributed by atoms with Gasteiger partial charge in [0.25, 0.3) is 0 Å². The number of hydrogen-bond donors (Lipinski definition) is 0. The summed E-state index contributed by atoms with van der Waals surface area (Å²) in [4.78, 5) is 0. The molecule has 0 atom stereocenters. The second-order valence-electron chi connectivity index (χ2n) is 5.68. The van der Waals surface area contributed by atoms with Crippen LogP contribution in [0.4, 0.5) is 13.2 Å². The number of fused-ring (bicyclic) bond motifs is 1. The molecule has 0 unspecified atom stereocenters. The van der Waals surface area contributed by atoms with Crippen molar-refractivity contribution in [1.82, 2.24) is 0 Å². The number of hydrogen-bond acceptors (Lipinski definition) is 4. The van der Waals surface area contributed by atoms with Crippen molar-refractivity contribution in [2.75, 3.05) is 0 Å². The molecule has 2 aromatic rings. The molecule has 1 aliphatic carbocycles. The zero-order chi connectivity index (χ0) is 20.8. The fourth-order valence-corrected chi connectivity index (χ4v) is 3.05. The maximum absolute atomic E-state index is 12.5. The lowest BCUT2D eigenvalue weighted by Crippen LogP contribution is -2.25. The molecule has 2 aromatic carbocycles. The van der Waals surface area contributed by atoms with Crippen LogP contribution >= 0.6 is 0 Å². The van der Waals surface area contributed by atoms with Crippen LogP contribution in [-0.2, 0) is 27.3 Å². The molecule has 0 heterocycles. The van der Waals surface area contributed by atoms with Gasteiger partial charge in [0.1, 0.15) is 18.1 Å². The lowest BCUT2D eigenvalue weighted by atomic mass is 9.96. The Morgan fingerprint density at radius 2 is 1.71 bits per heavy atom. The molecule has 0 radical (unpaired) electrons. The zero-order valence-electron chi connectivity index (χ0n) is 15.5. The van der Waals surface area contributed by atoms with Crippen molar-refractivity contribution < 1.29 is 30.5 Å². The first kappa shape index (κ1) is 21.8. The summed E-state index contributed by atoms with van der Waals surface area (Å²) in [5, 5.41) is 0. The third kappa shape index (κ3) is 5.28. The molecule has 0 bridgehead atoms. The first-order valence-corrected chi connectivity index (χ1v) is 10.2. The quantitative estimate of drug-likeness (QED) is 0.483. The average Bonchev–Trinajstić information content (AvgIpc) is 2.68. The minimum Gasteiger partial charge on any atom is -0.489 e. The van der Waals surface area contributed by atoms with Gasteiger partial charge in [-0.25, -0.2) is 0 Å². The third-order valence-corrected chi connectivity index (χ3v) is 4.78. The highest BCUT2D eigenvalue weighted by molar-refractivity contribution is 7.87. The number of aryl methyl sites for hydroxylation is 1. The molecule has 0 saturated heterocycles. The Morgan fingerprint density at radius 1 is 1.04 bits per heavy atom. The molecule has 152 valence electrons. The van der Waals surface area contributed by atoms with Gasteiger partial charge in [-0.3, -0.25) is 0 Å². The second-order valence-corrected chi connectivity index (χ2v) is 7.22. The SMILES string of the molecule is CC.O=S(=O)(OC1=CCCc2cc(OCc3ccccc3)ccc21)C(F)(F)F. The molecule has 0 saturated carbocycles. The Labute approximate surface area is 162 Å². The summed E-state index contributed by atoms with van der Waals surface area (Å²) >= 11 is 0. The van der Waals surface area contributed by atoms with Gasteiger partial charge in [0.15, 0.2) is 0 Å². The molecular formula is C20H21F3O4S. The van der Waals surface area contributed by atoms with Crippen LogP contribution in [0.5, 0.6) is 5.75 Å². The number of benzene rings is 2. The normalized spacial score (nSPS) is 13.5. The summed E-state index contributed by atoms with van der Waals surface area (Å²) in [6.07, 6.45) is 2.27. The van der Waals surface area contributed by atoms with Crippen LogP contribution in [0.25, 0.3) is 5.76 Å². The summed E-state index contributed by atoms with van der Waals surface area (Å²) in [5.74, 6) is 0.241. The highest BCUT2D eigenvalue weighted by Gasteiger charge is 2.49. The van der Waals surface area contributed by atoms with Crippen LogP contribution in [0.3, 0.4) is 0 Å². The van der Waals surface area contributed by atoms with Crippen molar-refractivity contribution >= 4 is 15.9 Å². The highest BCUT2D eigenvalue weighted by Crippen LogP contribution is 2.35. The van der Waals surface area contributed by atoms with Gasteiger partial charge >= 0.3 is 15.6 Å². The Bertz CT molecular complexity index is 920. The van der Waals surface area contributed by atoms with Gasteiger partial charge in [-0.05, 0) is 48.2 Å². The molecule has 0 amide bonds. The van der Waals surface area contributed by atoms with Crippen molar-refractivity contribution in [3.8, 4) is 5.75 Å². The van der Waals surface area contributed by atoms with E-state index in [0.717, 1.165) is 5.56 Å². The van der Waals surface area contributed by atoms with Gasteiger partial charge in [0.2, 0.25) is 0 Å². The number of alkyl halides is 3. The molecule has 4 nitrogen and oxygen atoms in total. The van der Waals surface area contributed by atoms with Crippen LogP contribution in [0.15, 0.2) is 54.6 Å². The van der Waals surface area contributed by atoms with Crippen molar-refractivity contribution in [1.29, 1.82) is 0 Å². The first-order chi connectivity index (χ1) is 13.3. The fourth-order valence-electron chi connectivity index (χ4n) is 2.56. The van der Waals surface area contributed by atoms with Gasteiger partial charge < -0.3 is 8.92 Å². The molecule has 0 N–H and O–H groups in total. The minimum absolute atomic E-state index is 0.307. The van der Waals surface area contributed by atoms with Crippen molar-refractivity contribution in [3.63, 3.8) is 0 Å². The Balaban J connectivity index is 0.00000136. The molecule has 0 aromatic heterocycles. The van der Waals surface area contributed by atoms with E-state index in [1.54, 1.807) is 12.1 Å². The largest absolute Gasteiger partial charge is 0.534 e. The van der Waals surface area contributed by atoms with E-state index in [0.29, 0.717) is 36.3 Å². The number of allylic oxidation sites excluding steroid dienone is 1. The summed E-state index contributed by atoms with van der Waals surface area (Å²) in [7, 11) is -5.70. The monoisotopic (exact) mass is 414 g/mol. The Morgan fingerprint density at radius 3 is 2.36 bits per heavy atom. The molecule has 0 fully saturated rings. The van der Waals surface area contributed by atoms with Gasteiger partial charge in [0, 0.05) is 5.56 Å². The predicted octanol–water partition coefficient (Wildman–Crippen LogP) is 5.45. The van der Waals surface area contributed by atoms with Gasteiger partial charge in [-0.2, -0.15) is 21.6 Å². The maximum atomic E-state index is 12.5. The van der Waals surface area contributed by atoms with Crippen LogP contribution < -0.4 is 4.74 Å². The topological polar surface area (TPSA) is 52.6 Å². The summed E-state index contributed by atoms with van der Waals surface area (Å²) in [6, 6.07) is 14.3. The van der Waals surface area contributed by atoms with Crippen LogP contribution in [0, 0.1) is 0 Å². The summed E-state index contributed by atoms with van der Waals surface area (Å²) in [5.41, 5.74) is -3.50. The fraction of sp³-hybridized carbons (Fsp3) is 0.300. The second kappa shape index (κ2) is 9.14. The molecule has 1 aliphatic rings. The van der Waals surface area contributed by atoms with Crippen LogP contribution in [0.1, 0.15) is 37.0 Å². The molecule has 0 spiro atoms. The average molecular weight is 414 g/mol. The maximum Gasteiger partial charge on any atom is 0.534 e. The van der Waals surface area contributed by atoms with E-state index < -0.39 is 15.6 Å². The van der Waals surface area contributed by atoms with Gasteiger partial charge in [-0.15, -0.1) is 0 Å². The Kier molecular flexibility index (Phi) is 7.12. The van der Waals surface area contributed by atoms with E-state index >= 15 is 0 Å². The number of ether oxygens (including phenoxy) is 1. The zero-order valence-corrected chi connectivity index (χ0v) is 16.3. The molecule has 3 rings (SSSR count). The predicted molar refractivity (Wildman–Crippen MR) is 101 cm³/mol. The molecule has 0 aliphatic heterocycles. The minimum atomic E-state index is -5.70. The number of rotatable bonds is 5. The van der Waals surface area contributed by atoms with E-state index in [4.69, 9.17) is 4.74 Å². The lowest BCUT2D eigenvalue weighted by molar-refractivity contribution is -0.0509. The third-order valence-electron chi connectivity index (χ3n) is 3.82. The van der Waals surface area contributed by atoms with E-state index in [1.165, 1.54) is 12.1 Å². The summed E-state index contributed by atoms with van der Waals surface area (Å²) in [6.45, 7) is 4.35. The number of halogens is 3. The van der Waals surface area contributed by atoms with Crippen LogP contribution in [0.2, 0.25) is 0 Å². The van der Waals surface area contributed by atoms with Gasteiger partial charge in [0.05, 0.1) is 0 Å². The molecule has 28 heavy (non-hydrogen) atoms. The van der Waals surface area contributed by atoms with Crippen molar-refractivity contribution in [3.05, 3.63) is 71.3 Å². The van der Waals surface area contributed by atoms with Crippen LogP contribution in [-0.4, -0.2) is 13.9 Å².